The molecule has 0 bridgehead atoms. The van der Waals surface area contributed by atoms with Crippen molar-refractivity contribution in [3.8, 4) is 24.2 Å². The van der Waals surface area contributed by atoms with Crippen LogP contribution in [0.2, 0.25) is 0 Å². The van der Waals surface area contributed by atoms with E-state index in [2.05, 4.69) is 36.9 Å². The minimum absolute atomic E-state index is 0.0139. The van der Waals surface area contributed by atoms with Crippen LogP contribution in [0.25, 0.3) is 0 Å². The third-order valence-electron chi connectivity index (χ3n) is 2.42. The summed E-state index contributed by atoms with van der Waals surface area (Å²) in [5.41, 5.74) is 0. The number of hydrogen-bond acceptors (Lipinski definition) is 1. The largest absolute Gasteiger partial charge is 0.352 e. The Morgan fingerprint density at radius 2 is 2.29 bits per heavy atom. The Hall–Kier alpha value is -1.67. The summed E-state index contributed by atoms with van der Waals surface area (Å²) in [5, 5.41) is 2.86. The van der Waals surface area contributed by atoms with Crippen LogP contribution < -0.4 is 5.32 Å². The molecule has 1 amide bonds. The molecule has 0 aliphatic heterocycles. The molecule has 0 aromatic carbocycles. The van der Waals surface area contributed by atoms with Gasteiger partial charge in [0.1, 0.15) is 0 Å². The summed E-state index contributed by atoms with van der Waals surface area (Å²) in [6, 6.07) is 0. The molecule has 0 radical (unpaired) electrons. The zero-order valence-electron chi connectivity index (χ0n) is 10.8. The smallest absolute Gasteiger partial charge is 0.243 e. The summed E-state index contributed by atoms with van der Waals surface area (Å²) in [6.07, 6.45) is 12.1. The maximum atomic E-state index is 11.3. The molecule has 0 aliphatic rings. The third kappa shape index (κ3) is 10.6. The van der Waals surface area contributed by atoms with Crippen molar-refractivity contribution in [1.82, 2.24) is 5.32 Å². The van der Waals surface area contributed by atoms with Gasteiger partial charge in [0.05, 0.1) is 0 Å². The first-order valence-electron chi connectivity index (χ1n) is 6.08. The Morgan fingerprint density at radius 3 is 2.94 bits per heavy atom. The molecule has 0 spiro atoms. The average Bonchev–Trinajstić information content (AvgIpc) is 2.34. The van der Waals surface area contributed by atoms with E-state index in [1.54, 1.807) is 6.08 Å². The van der Waals surface area contributed by atoms with Gasteiger partial charge in [-0.1, -0.05) is 32.3 Å². The summed E-state index contributed by atoms with van der Waals surface area (Å²) < 4.78 is 0. The maximum absolute atomic E-state index is 11.3. The first-order chi connectivity index (χ1) is 8.20. The molecule has 0 saturated heterocycles. The number of amides is 1. The number of carbonyl (C=O) groups is 1. The molecule has 0 aromatic rings. The van der Waals surface area contributed by atoms with Gasteiger partial charge in [0, 0.05) is 13.0 Å². The minimum atomic E-state index is -0.0139. The Morgan fingerprint density at radius 1 is 1.53 bits per heavy atom. The van der Waals surface area contributed by atoms with Crippen molar-refractivity contribution in [2.24, 2.45) is 5.92 Å². The van der Waals surface area contributed by atoms with Crippen LogP contribution in [-0.4, -0.2) is 12.5 Å². The van der Waals surface area contributed by atoms with E-state index in [4.69, 9.17) is 6.42 Å². The van der Waals surface area contributed by atoms with E-state index in [9.17, 15) is 4.79 Å². The van der Waals surface area contributed by atoms with Gasteiger partial charge in [-0.15, -0.1) is 6.42 Å². The van der Waals surface area contributed by atoms with Crippen LogP contribution in [0.15, 0.2) is 12.2 Å². The molecule has 1 unspecified atom stereocenters. The van der Waals surface area contributed by atoms with Gasteiger partial charge in [-0.3, -0.25) is 4.79 Å². The molecule has 0 saturated carbocycles. The van der Waals surface area contributed by atoms with Crippen molar-refractivity contribution < 1.29 is 4.79 Å². The van der Waals surface area contributed by atoms with Crippen LogP contribution in [0.5, 0.6) is 0 Å². The van der Waals surface area contributed by atoms with Gasteiger partial charge in [0.25, 0.3) is 0 Å². The summed E-state index contributed by atoms with van der Waals surface area (Å²) in [7, 11) is 0. The number of allylic oxidation sites excluding steroid dienone is 1. The van der Waals surface area contributed by atoms with Crippen LogP contribution in [0.4, 0.5) is 0 Å². The van der Waals surface area contributed by atoms with Crippen molar-refractivity contribution in [3.63, 3.8) is 0 Å². The normalized spacial score (nSPS) is 11.4. The summed E-state index contributed by atoms with van der Waals surface area (Å²) in [6.45, 7) is 4.98. The molecule has 0 rings (SSSR count). The van der Waals surface area contributed by atoms with Crippen LogP contribution in [-0.2, 0) is 4.79 Å². The van der Waals surface area contributed by atoms with E-state index in [1.165, 1.54) is 0 Å². The summed E-state index contributed by atoms with van der Waals surface area (Å²) in [4.78, 5) is 11.3. The third-order valence-corrected chi connectivity index (χ3v) is 2.42. The molecule has 1 atom stereocenters. The quantitative estimate of drug-likeness (QED) is 0.407. The first kappa shape index (κ1) is 15.3. The van der Waals surface area contributed by atoms with E-state index in [-0.39, 0.29) is 5.91 Å². The molecular weight excluding hydrogens is 210 g/mol. The predicted molar refractivity (Wildman–Crippen MR) is 72.1 cm³/mol. The SMILES string of the molecule is C#CC#CCCCC=CC(=O)NCC(C)CC. The van der Waals surface area contributed by atoms with Crippen molar-refractivity contribution in [2.75, 3.05) is 6.54 Å². The van der Waals surface area contributed by atoms with Gasteiger partial charge in [0.2, 0.25) is 5.91 Å². The van der Waals surface area contributed by atoms with Gasteiger partial charge in [-0.05, 0) is 36.7 Å². The molecule has 0 heterocycles. The fourth-order valence-electron chi connectivity index (χ4n) is 1.09. The van der Waals surface area contributed by atoms with E-state index in [1.807, 2.05) is 6.08 Å². The zero-order valence-corrected chi connectivity index (χ0v) is 10.8. The van der Waals surface area contributed by atoms with Gasteiger partial charge in [-0.2, -0.15) is 0 Å². The van der Waals surface area contributed by atoms with Gasteiger partial charge < -0.3 is 5.32 Å². The lowest BCUT2D eigenvalue weighted by atomic mass is 10.1. The molecule has 0 aliphatic carbocycles. The number of terminal acetylenes is 1. The lowest BCUT2D eigenvalue weighted by Crippen LogP contribution is -2.26. The van der Waals surface area contributed by atoms with Crippen LogP contribution in [0.3, 0.4) is 0 Å². The second-order valence-corrected chi connectivity index (χ2v) is 4.00. The van der Waals surface area contributed by atoms with Crippen LogP contribution in [0.1, 0.15) is 39.5 Å². The molecule has 0 aromatic heterocycles. The van der Waals surface area contributed by atoms with Crippen molar-refractivity contribution in [3.05, 3.63) is 12.2 Å². The highest BCUT2D eigenvalue weighted by Crippen LogP contribution is 1.98. The van der Waals surface area contributed by atoms with E-state index < -0.39 is 0 Å². The number of carbonyl (C=O) groups excluding carboxylic acids is 1. The molecule has 0 fully saturated rings. The lowest BCUT2D eigenvalue weighted by Gasteiger charge is -2.07. The molecule has 1 N–H and O–H groups in total. The van der Waals surface area contributed by atoms with Crippen LogP contribution >= 0.6 is 0 Å². The highest BCUT2D eigenvalue weighted by atomic mass is 16.1. The fourth-order valence-corrected chi connectivity index (χ4v) is 1.09. The summed E-state index contributed by atoms with van der Waals surface area (Å²) >= 11 is 0. The van der Waals surface area contributed by atoms with Crippen LogP contribution in [0, 0.1) is 30.1 Å². The lowest BCUT2D eigenvalue weighted by molar-refractivity contribution is -0.116. The second kappa shape index (κ2) is 10.8. The molecule has 2 heteroatoms. The molecular formula is C15H21NO. The van der Waals surface area contributed by atoms with Crippen molar-refractivity contribution in [2.45, 2.75) is 39.5 Å². The topological polar surface area (TPSA) is 29.1 Å². The first-order valence-corrected chi connectivity index (χ1v) is 6.08. The highest BCUT2D eigenvalue weighted by Gasteiger charge is 1.99. The predicted octanol–water partition coefficient (Wildman–Crippen LogP) is 2.51. The Kier molecular flexibility index (Phi) is 9.77. The molecule has 92 valence electrons. The van der Waals surface area contributed by atoms with E-state index in [0.29, 0.717) is 5.92 Å². The number of unbranched alkanes of at least 4 members (excludes halogenated alkanes) is 2. The Bertz CT molecular complexity index is 338. The summed E-state index contributed by atoms with van der Waals surface area (Å²) in [5.74, 6) is 8.20. The number of nitrogens with one attached hydrogen (secondary N) is 1. The Labute approximate surface area is 105 Å². The van der Waals surface area contributed by atoms with E-state index >= 15 is 0 Å². The van der Waals surface area contributed by atoms with Crippen molar-refractivity contribution >= 4 is 5.91 Å². The maximum Gasteiger partial charge on any atom is 0.243 e. The molecule has 17 heavy (non-hydrogen) atoms. The minimum Gasteiger partial charge on any atom is -0.352 e. The number of rotatable bonds is 7. The molecule has 2 nitrogen and oxygen atoms in total. The van der Waals surface area contributed by atoms with Gasteiger partial charge >= 0.3 is 0 Å². The standard InChI is InChI=1S/C15H21NO/c1-4-6-7-8-9-10-11-12-15(17)16-13-14(3)5-2/h1,11-12,14H,5,8-10,13H2,2-3H3,(H,16,17). The zero-order chi connectivity index (χ0) is 12.9. The van der Waals surface area contributed by atoms with E-state index in [0.717, 1.165) is 32.2 Å². The monoisotopic (exact) mass is 231 g/mol. The highest BCUT2D eigenvalue weighted by molar-refractivity contribution is 5.87. The number of hydrogen-bond donors (Lipinski definition) is 1. The second-order valence-electron chi connectivity index (χ2n) is 4.00. The average molecular weight is 231 g/mol. The van der Waals surface area contributed by atoms with Gasteiger partial charge in [-0.25, -0.2) is 0 Å². The fraction of sp³-hybridized carbons (Fsp3) is 0.533. The van der Waals surface area contributed by atoms with Crippen molar-refractivity contribution in [1.29, 1.82) is 0 Å². The Balaban J connectivity index is 3.57. The van der Waals surface area contributed by atoms with Gasteiger partial charge in [0.15, 0.2) is 0 Å².